The molecule has 0 saturated carbocycles. The van der Waals surface area contributed by atoms with Gasteiger partial charge in [-0.15, -0.1) is 6.42 Å². The molecule has 1 heterocycles. The van der Waals surface area contributed by atoms with Crippen molar-refractivity contribution in [1.82, 2.24) is 0 Å². The third kappa shape index (κ3) is 4.88. The van der Waals surface area contributed by atoms with Crippen LogP contribution in [0.5, 0.6) is 5.75 Å². The van der Waals surface area contributed by atoms with Crippen molar-refractivity contribution in [3.05, 3.63) is 50.9 Å². The van der Waals surface area contributed by atoms with E-state index >= 15 is 0 Å². The smallest absolute Gasteiger partial charge is 0.149 e. The molecule has 2 aromatic carbocycles. The van der Waals surface area contributed by atoms with Gasteiger partial charge >= 0.3 is 0 Å². The maximum Gasteiger partial charge on any atom is 0.149 e. The zero-order valence-corrected chi connectivity index (χ0v) is 17.3. The van der Waals surface area contributed by atoms with Gasteiger partial charge in [0.05, 0.1) is 27.8 Å². The van der Waals surface area contributed by atoms with Crippen LogP contribution >= 0.6 is 31.9 Å². The van der Waals surface area contributed by atoms with Crippen LogP contribution < -0.4 is 9.64 Å². The summed E-state index contributed by atoms with van der Waals surface area (Å²) in [5, 5.41) is 0. The highest BCUT2D eigenvalue weighted by Crippen LogP contribution is 2.34. The number of benzene rings is 2. The first-order valence-corrected chi connectivity index (χ1v) is 9.78. The Morgan fingerprint density at radius 1 is 1.15 bits per heavy atom. The Kier molecular flexibility index (Phi) is 6.73. The average molecular weight is 478 g/mol. The molecule has 6 heteroatoms. The molecule has 0 radical (unpaired) electrons. The summed E-state index contributed by atoms with van der Waals surface area (Å²) >= 11 is 7.01. The lowest BCUT2D eigenvalue weighted by molar-refractivity contribution is 0.122. The summed E-state index contributed by atoms with van der Waals surface area (Å²) < 4.78 is 12.6. The van der Waals surface area contributed by atoms with Crippen LogP contribution in [0.3, 0.4) is 0 Å². The first-order chi connectivity index (χ1) is 12.7. The van der Waals surface area contributed by atoms with Gasteiger partial charge in [0, 0.05) is 25.0 Å². The molecule has 134 valence electrons. The van der Waals surface area contributed by atoms with E-state index in [9.17, 15) is 0 Å². The molecular formula is C20H18Br2N2O2. The van der Waals surface area contributed by atoms with Crippen LogP contribution in [-0.4, -0.2) is 39.1 Å². The molecule has 1 saturated heterocycles. The zero-order valence-electron chi connectivity index (χ0n) is 14.1. The van der Waals surface area contributed by atoms with Crippen LogP contribution in [0.15, 0.2) is 50.3 Å². The summed E-state index contributed by atoms with van der Waals surface area (Å²) in [6.07, 6.45) is 7.06. The van der Waals surface area contributed by atoms with E-state index in [1.807, 2.05) is 30.5 Å². The van der Waals surface area contributed by atoms with Gasteiger partial charge in [0.1, 0.15) is 12.4 Å². The second-order valence-electron chi connectivity index (χ2n) is 5.68. The first kappa shape index (κ1) is 19.0. The van der Waals surface area contributed by atoms with Crippen molar-refractivity contribution in [2.75, 3.05) is 37.8 Å². The normalized spacial score (nSPS) is 14.4. The van der Waals surface area contributed by atoms with E-state index in [0.717, 1.165) is 46.5 Å². The fourth-order valence-corrected chi connectivity index (χ4v) is 4.08. The third-order valence-electron chi connectivity index (χ3n) is 3.91. The van der Waals surface area contributed by atoms with Crippen molar-refractivity contribution in [1.29, 1.82) is 0 Å². The fraction of sp³-hybridized carbons (Fsp3) is 0.250. The van der Waals surface area contributed by atoms with Crippen molar-refractivity contribution in [2.24, 2.45) is 4.99 Å². The zero-order chi connectivity index (χ0) is 18.4. The number of halogens is 2. The Bertz CT molecular complexity index is 800. The van der Waals surface area contributed by atoms with Gasteiger partial charge in [0.2, 0.25) is 0 Å². The van der Waals surface area contributed by atoms with Crippen molar-refractivity contribution < 1.29 is 9.47 Å². The molecule has 0 spiro atoms. The summed E-state index contributed by atoms with van der Waals surface area (Å²) in [5.41, 5.74) is 3.06. The van der Waals surface area contributed by atoms with E-state index in [4.69, 9.17) is 15.9 Å². The molecule has 0 N–H and O–H groups in total. The molecule has 0 unspecified atom stereocenters. The third-order valence-corrected chi connectivity index (χ3v) is 5.09. The highest BCUT2D eigenvalue weighted by atomic mass is 79.9. The summed E-state index contributed by atoms with van der Waals surface area (Å²) in [5.74, 6) is 3.15. The molecule has 3 rings (SSSR count). The van der Waals surface area contributed by atoms with Crippen molar-refractivity contribution in [3.8, 4) is 18.1 Å². The van der Waals surface area contributed by atoms with Crippen LogP contribution in [0, 0.1) is 12.3 Å². The molecule has 1 aliphatic heterocycles. The van der Waals surface area contributed by atoms with Crippen molar-refractivity contribution >= 4 is 49.4 Å². The molecule has 0 aliphatic carbocycles. The lowest BCUT2D eigenvalue weighted by atomic mass is 10.2. The Morgan fingerprint density at radius 2 is 1.81 bits per heavy atom. The molecule has 0 aromatic heterocycles. The highest BCUT2D eigenvalue weighted by Gasteiger charge is 2.11. The number of terminal acetylenes is 1. The van der Waals surface area contributed by atoms with Gasteiger partial charge in [-0.05, 0) is 73.8 Å². The lowest BCUT2D eigenvalue weighted by Gasteiger charge is -2.28. The quantitative estimate of drug-likeness (QED) is 0.457. The topological polar surface area (TPSA) is 34.1 Å². The monoisotopic (exact) mass is 476 g/mol. The highest BCUT2D eigenvalue weighted by molar-refractivity contribution is 9.11. The van der Waals surface area contributed by atoms with Crippen LogP contribution in [0.2, 0.25) is 0 Å². The van der Waals surface area contributed by atoms with Gasteiger partial charge in [0.15, 0.2) is 0 Å². The summed E-state index contributed by atoms with van der Waals surface area (Å²) in [6.45, 7) is 3.65. The maximum atomic E-state index is 5.52. The number of hydrogen-bond acceptors (Lipinski definition) is 4. The number of nitrogens with zero attached hydrogens (tertiary/aromatic N) is 2. The molecule has 2 aromatic rings. The van der Waals surface area contributed by atoms with E-state index < -0.39 is 0 Å². The van der Waals surface area contributed by atoms with Gasteiger partial charge in [0.25, 0.3) is 0 Å². The number of ether oxygens (including phenoxy) is 2. The second kappa shape index (κ2) is 9.22. The number of anilines is 1. The molecular weight excluding hydrogens is 460 g/mol. The van der Waals surface area contributed by atoms with E-state index in [1.54, 1.807) is 0 Å². The van der Waals surface area contributed by atoms with E-state index in [2.05, 4.69) is 59.8 Å². The molecule has 1 aliphatic rings. The maximum absolute atomic E-state index is 5.52. The number of morpholine rings is 1. The Labute approximate surface area is 170 Å². The molecule has 4 nitrogen and oxygen atoms in total. The van der Waals surface area contributed by atoms with Crippen LogP contribution in [0.1, 0.15) is 5.56 Å². The van der Waals surface area contributed by atoms with Crippen LogP contribution in [-0.2, 0) is 4.74 Å². The largest absolute Gasteiger partial charge is 0.479 e. The molecule has 0 atom stereocenters. The van der Waals surface area contributed by atoms with Gasteiger partial charge in [-0.3, -0.25) is 4.99 Å². The standard InChI is InChI=1S/C20H18Br2N2O2/c1-2-9-26-20-18(21)12-15(13-19(20)22)14-23-16-3-5-17(6-4-16)24-7-10-25-11-8-24/h1,3-6,12-14H,7-11H2. The summed E-state index contributed by atoms with van der Waals surface area (Å²) in [4.78, 5) is 6.87. The van der Waals surface area contributed by atoms with Crippen LogP contribution in [0.25, 0.3) is 0 Å². The summed E-state index contributed by atoms with van der Waals surface area (Å²) in [6, 6.07) is 12.1. The Morgan fingerprint density at radius 3 is 2.42 bits per heavy atom. The molecule has 1 fully saturated rings. The second-order valence-corrected chi connectivity index (χ2v) is 7.39. The fourth-order valence-electron chi connectivity index (χ4n) is 2.63. The van der Waals surface area contributed by atoms with Gasteiger partial charge in [-0.2, -0.15) is 0 Å². The first-order valence-electron chi connectivity index (χ1n) is 8.19. The van der Waals surface area contributed by atoms with Gasteiger partial charge in [-0.1, -0.05) is 5.92 Å². The average Bonchev–Trinajstić information content (AvgIpc) is 2.67. The van der Waals surface area contributed by atoms with Gasteiger partial charge < -0.3 is 14.4 Å². The molecule has 0 bridgehead atoms. The number of aliphatic imine (C=N–C) groups is 1. The molecule has 0 amide bonds. The predicted octanol–water partition coefficient (Wildman–Crippen LogP) is 4.81. The van der Waals surface area contributed by atoms with Crippen molar-refractivity contribution in [3.63, 3.8) is 0 Å². The minimum absolute atomic E-state index is 0.222. The Hall–Kier alpha value is -1.81. The summed E-state index contributed by atoms with van der Waals surface area (Å²) in [7, 11) is 0. The van der Waals surface area contributed by atoms with Crippen molar-refractivity contribution in [2.45, 2.75) is 0 Å². The van der Waals surface area contributed by atoms with E-state index in [0.29, 0.717) is 5.75 Å². The minimum atomic E-state index is 0.222. The number of rotatable bonds is 5. The minimum Gasteiger partial charge on any atom is -0.479 e. The Balaban J connectivity index is 1.70. The number of hydrogen-bond donors (Lipinski definition) is 0. The SMILES string of the molecule is C#CCOc1c(Br)cc(C=Nc2ccc(N3CCOCC3)cc2)cc1Br. The molecule has 26 heavy (non-hydrogen) atoms. The predicted molar refractivity (Wildman–Crippen MR) is 113 cm³/mol. The van der Waals surface area contributed by atoms with E-state index in [1.165, 1.54) is 5.69 Å². The van der Waals surface area contributed by atoms with E-state index in [-0.39, 0.29) is 6.61 Å². The van der Waals surface area contributed by atoms with Gasteiger partial charge in [-0.25, -0.2) is 0 Å². The van der Waals surface area contributed by atoms with Crippen LogP contribution in [0.4, 0.5) is 11.4 Å². The lowest BCUT2D eigenvalue weighted by Crippen LogP contribution is -2.36.